The number of aliphatic carboxylic acids is 1. The zero-order valence-electron chi connectivity index (χ0n) is 20.5. The van der Waals surface area contributed by atoms with E-state index in [0.717, 1.165) is 6.92 Å². The van der Waals surface area contributed by atoms with Gasteiger partial charge in [-0.1, -0.05) is 13.0 Å². The largest absolute Gasteiger partial charge is 0.514 e. The first-order valence-electron chi connectivity index (χ1n) is 10.9. The SMILES string of the molecule is CCC(C)N[C@@](Cc1ccc(OC(=O)OC(C)C)c(OC(=O)OC(C)C)c1)(OC(C)=O)C(=O)O. The predicted octanol–water partition coefficient (Wildman–Crippen LogP) is 3.81. The maximum atomic E-state index is 12.2. The molecule has 0 fully saturated rings. The molecule has 1 aromatic carbocycles. The van der Waals surface area contributed by atoms with Gasteiger partial charge in [0.1, 0.15) is 0 Å². The third-order valence-electron chi connectivity index (χ3n) is 4.27. The normalized spacial score (nSPS) is 13.6. The summed E-state index contributed by atoms with van der Waals surface area (Å²) in [6.07, 6.45) is -2.77. The molecule has 0 saturated heterocycles. The molecule has 0 aromatic heterocycles. The summed E-state index contributed by atoms with van der Waals surface area (Å²) in [6.45, 7) is 11.2. The second kappa shape index (κ2) is 12.8. The number of carbonyl (C=O) groups excluding carboxylic acids is 3. The van der Waals surface area contributed by atoms with Crippen molar-refractivity contribution >= 4 is 24.2 Å². The minimum atomic E-state index is -2.09. The summed E-state index contributed by atoms with van der Waals surface area (Å²) < 4.78 is 25.4. The van der Waals surface area contributed by atoms with Crippen molar-refractivity contribution in [2.45, 2.75) is 85.3 Å². The van der Waals surface area contributed by atoms with Gasteiger partial charge in [0.15, 0.2) is 11.5 Å². The molecule has 34 heavy (non-hydrogen) atoms. The van der Waals surface area contributed by atoms with Crippen molar-refractivity contribution in [1.29, 1.82) is 0 Å². The first-order chi connectivity index (χ1) is 15.8. The Morgan fingerprint density at radius 1 is 0.941 bits per heavy atom. The molecule has 1 rings (SSSR count). The van der Waals surface area contributed by atoms with E-state index in [1.165, 1.54) is 18.2 Å². The van der Waals surface area contributed by atoms with Gasteiger partial charge >= 0.3 is 24.2 Å². The summed E-state index contributed by atoms with van der Waals surface area (Å²) in [5, 5.41) is 12.8. The molecule has 0 amide bonds. The van der Waals surface area contributed by atoms with Gasteiger partial charge in [0.2, 0.25) is 0 Å². The van der Waals surface area contributed by atoms with Crippen molar-refractivity contribution in [1.82, 2.24) is 5.32 Å². The Morgan fingerprint density at radius 3 is 1.91 bits per heavy atom. The van der Waals surface area contributed by atoms with Gasteiger partial charge < -0.3 is 28.8 Å². The summed E-state index contributed by atoms with van der Waals surface area (Å²) in [4.78, 5) is 47.9. The van der Waals surface area contributed by atoms with E-state index in [0.29, 0.717) is 12.0 Å². The van der Waals surface area contributed by atoms with E-state index < -0.39 is 42.2 Å². The number of esters is 1. The number of benzene rings is 1. The lowest BCUT2D eigenvalue weighted by Gasteiger charge is -2.32. The molecule has 0 heterocycles. The van der Waals surface area contributed by atoms with Crippen LogP contribution in [-0.4, -0.2) is 53.3 Å². The molecule has 0 aliphatic heterocycles. The van der Waals surface area contributed by atoms with Crippen LogP contribution in [0.2, 0.25) is 0 Å². The molecule has 0 bridgehead atoms. The molecular weight excluding hydrogens is 450 g/mol. The van der Waals surface area contributed by atoms with E-state index in [2.05, 4.69) is 5.32 Å². The smallest absolute Gasteiger partial charge is 0.477 e. The zero-order valence-corrected chi connectivity index (χ0v) is 20.5. The fourth-order valence-electron chi connectivity index (χ4n) is 2.77. The van der Waals surface area contributed by atoms with E-state index >= 15 is 0 Å². The second-order valence-corrected chi connectivity index (χ2v) is 8.17. The van der Waals surface area contributed by atoms with Crippen LogP contribution < -0.4 is 14.8 Å². The van der Waals surface area contributed by atoms with Crippen LogP contribution >= 0.6 is 0 Å². The number of carboxylic acids is 1. The van der Waals surface area contributed by atoms with E-state index in [-0.39, 0.29) is 24.0 Å². The Balaban J connectivity index is 3.40. The van der Waals surface area contributed by atoms with E-state index in [1.54, 1.807) is 34.6 Å². The molecule has 2 N–H and O–H groups in total. The number of hydrogen-bond acceptors (Lipinski definition) is 10. The highest BCUT2D eigenvalue weighted by molar-refractivity contribution is 5.81. The average Bonchev–Trinajstić information content (AvgIpc) is 2.67. The van der Waals surface area contributed by atoms with Gasteiger partial charge in [-0.3, -0.25) is 10.1 Å². The highest BCUT2D eigenvalue weighted by Crippen LogP contribution is 2.31. The summed E-state index contributed by atoms with van der Waals surface area (Å²) in [6, 6.07) is 3.73. The Hall–Kier alpha value is -3.34. The minimum absolute atomic E-state index is 0.154. The third kappa shape index (κ3) is 9.26. The molecule has 0 saturated carbocycles. The lowest BCUT2D eigenvalue weighted by atomic mass is 10.00. The van der Waals surface area contributed by atoms with Crippen molar-refractivity contribution < 1.29 is 48.0 Å². The van der Waals surface area contributed by atoms with Crippen molar-refractivity contribution in [3.63, 3.8) is 0 Å². The first-order valence-corrected chi connectivity index (χ1v) is 10.9. The van der Waals surface area contributed by atoms with E-state index in [9.17, 15) is 24.3 Å². The van der Waals surface area contributed by atoms with Crippen molar-refractivity contribution in [3.05, 3.63) is 23.8 Å². The monoisotopic (exact) mass is 483 g/mol. The molecule has 0 aliphatic rings. The summed E-state index contributed by atoms with van der Waals surface area (Å²) in [7, 11) is 0. The van der Waals surface area contributed by atoms with Gasteiger partial charge in [0.05, 0.1) is 12.2 Å². The molecule has 2 atom stereocenters. The van der Waals surface area contributed by atoms with Gasteiger partial charge in [-0.05, 0) is 58.7 Å². The summed E-state index contributed by atoms with van der Waals surface area (Å²) >= 11 is 0. The van der Waals surface area contributed by atoms with Crippen LogP contribution in [0.3, 0.4) is 0 Å². The number of rotatable bonds is 11. The fraction of sp³-hybridized carbons (Fsp3) is 0.565. The summed E-state index contributed by atoms with van der Waals surface area (Å²) in [5.74, 6) is -2.58. The van der Waals surface area contributed by atoms with Crippen molar-refractivity contribution in [2.24, 2.45) is 0 Å². The Morgan fingerprint density at radius 2 is 1.47 bits per heavy atom. The van der Waals surface area contributed by atoms with E-state index in [4.69, 9.17) is 23.7 Å². The van der Waals surface area contributed by atoms with Gasteiger partial charge in [0.25, 0.3) is 5.72 Å². The number of carboxylic acid groups (broad SMARTS) is 1. The molecule has 0 aliphatic carbocycles. The highest BCUT2D eigenvalue weighted by atomic mass is 16.7. The lowest BCUT2D eigenvalue weighted by molar-refractivity contribution is -0.183. The van der Waals surface area contributed by atoms with Crippen LogP contribution in [0.1, 0.15) is 60.5 Å². The van der Waals surface area contributed by atoms with Gasteiger partial charge in [0, 0.05) is 19.4 Å². The molecule has 190 valence electrons. The number of hydrogen-bond donors (Lipinski definition) is 2. The van der Waals surface area contributed by atoms with Crippen LogP contribution in [0.5, 0.6) is 11.5 Å². The van der Waals surface area contributed by atoms with Crippen LogP contribution in [0.25, 0.3) is 0 Å². The van der Waals surface area contributed by atoms with Gasteiger partial charge in [-0.25, -0.2) is 14.4 Å². The maximum absolute atomic E-state index is 12.2. The van der Waals surface area contributed by atoms with Crippen LogP contribution in [0.15, 0.2) is 18.2 Å². The number of carbonyl (C=O) groups is 4. The Bertz CT molecular complexity index is 883. The van der Waals surface area contributed by atoms with Crippen molar-refractivity contribution in [2.75, 3.05) is 0 Å². The lowest BCUT2D eigenvalue weighted by Crippen LogP contribution is -2.59. The Kier molecular flexibility index (Phi) is 10.8. The third-order valence-corrected chi connectivity index (χ3v) is 4.27. The minimum Gasteiger partial charge on any atom is -0.477 e. The quantitative estimate of drug-likeness (QED) is 0.205. The fourth-order valence-corrected chi connectivity index (χ4v) is 2.77. The molecule has 11 heteroatoms. The topological polar surface area (TPSA) is 147 Å². The van der Waals surface area contributed by atoms with Crippen molar-refractivity contribution in [3.8, 4) is 11.5 Å². The van der Waals surface area contributed by atoms with Crippen LogP contribution in [0.4, 0.5) is 9.59 Å². The van der Waals surface area contributed by atoms with Crippen LogP contribution in [0, 0.1) is 0 Å². The van der Waals surface area contributed by atoms with Crippen LogP contribution in [-0.2, 0) is 30.2 Å². The van der Waals surface area contributed by atoms with Gasteiger partial charge in [-0.2, -0.15) is 0 Å². The van der Waals surface area contributed by atoms with Gasteiger partial charge in [-0.15, -0.1) is 0 Å². The zero-order chi connectivity index (χ0) is 26.1. The second-order valence-electron chi connectivity index (χ2n) is 8.17. The molecule has 0 radical (unpaired) electrons. The molecule has 1 unspecified atom stereocenters. The Labute approximate surface area is 198 Å². The molecule has 11 nitrogen and oxygen atoms in total. The molecular formula is C23H33NO10. The maximum Gasteiger partial charge on any atom is 0.514 e. The summed E-state index contributed by atoms with van der Waals surface area (Å²) in [5.41, 5.74) is -1.79. The predicted molar refractivity (Wildman–Crippen MR) is 120 cm³/mol. The number of ether oxygens (including phenoxy) is 5. The molecule has 1 aromatic rings. The highest BCUT2D eigenvalue weighted by Gasteiger charge is 2.43. The van der Waals surface area contributed by atoms with E-state index in [1.807, 2.05) is 6.92 Å². The average molecular weight is 484 g/mol. The first kappa shape index (κ1) is 28.7. The molecule has 0 spiro atoms. The number of nitrogens with one attached hydrogen (secondary N) is 1. The standard InChI is InChI=1S/C23H33NO10/c1-8-15(6)24-23(20(26)27,34-16(7)25)12-17-9-10-18(32-21(28)30-13(2)3)19(11-17)33-22(29)31-14(4)5/h9-11,13-15,24H,8,12H2,1-7H3,(H,26,27)/t15?,23-/m0/s1.